The third-order valence-corrected chi connectivity index (χ3v) is 6.03. The topological polar surface area (TPSA) is 58.1 Å². The van der Waals surface area contributed by atoms with E-state index in [0.717, 1.165) is 56.5 Å². The van der Waals surface area contributed by atoms with E-state index in [1.807, 2.05) is 7.05 Å². The molecule has 0 spiro atoms. The average Bonchev–Trinajstić information content (AvgIpc) is 3.15. The van der Waals surface area contributed by atoms with E-state index >= 15 is 0 Å². The number of nitrogens with zero attached hydrogens (tertiary/aromatic N) is 2. The molecule has 168 valence electrons. The van der Waals surface area contributed by atoms with Crippen molar-refractivity contribution in [1.82, 2.24) is 15.5 Å². The van der Waals surface area contributed by atoms with Gasteiger partial charge in [-0.15, -0.1) is 0 Å². The Hall–Kier alpha value is -1.79. The molecular weight excluding hydrogens is 376 g/mol. The predicted molar refractivity (Wildman–Crippen MR) is 123 cm³/mol. The fourth-order valence-electron chi connectivity index (χ4n) is 4.13. The van der Waals surface area contributed by atoms with Gasteiger partial charge < -0.3 is 25.0 Å². The van der Waals surface area contributed by atoms with Gasteiger partial charge in [0, 0.05) is 38.2 Å². The predicted octanol–water partition coefficient (Wildman–Crippen LogP) is 3.34. The van der Waals surface area contributed by atoms with Gasteiger partial charge in [0.15, 0.2) is 5.96 Å². The quantitative estimate of drug-likeness (QED) is 0.367. The van der Waals surface area contributed by atoms with E-state index in [1.165, 1.54) is 50.9 Å². The summed E-state index contributed by atoms with van der Waals surface area (Å²) < 4.78 is 11.6. The third kappa shape index (κ3) is 7.80. The Kier molecular flexibility index (Phi) is 9.77. The van der Waals surface area contributed by atoms with Gasteiger partial charge in [-0.25, -0.2) is 0 Å². The normalized spacial score (nSPS) is 20.7. The number of benzene rings is 1. The monoisotopic (exact) mass is 416 g/mol. The number of ether oxygens (including phenoxy) is 2. The van der Waals surface area contributed by atoms with Crippen LogP contribution in [0.25, 0.3) is 0 Å². The molecule has 3 rings (SSSR count). The maximum absolute atomic E-state index is 6.16. The van der Waals surface area contributed by atoms with Crippen LogP contribution in [0.2, 0.25) is 0 Å². The number of aryl methyl sites for hydroxylation is 1. The highest BCUT2D eigenvalue weighted by Gasteiger charge is 2.17. The van der Waals surface area contributed by atoms with Crippen molar-refractivity contribution in [2.24, 2.45) is 10.9 Å². The van der Waals surface area contributed by atoms with Crippen LogP contribution in [0, 0.1) is 12.8 Å². The Morgan fingerprint density at radius 1 is 1.20 bits per heavy atom. The third-order valence-electron chi connectivity index (χ3n) is 6.03. The highest BCUT2D eigenvalue weighted by Crippen LogP contribution is 2.22. The molecule has 30 heavy (non-hydrogen) atoms. The molecule has 6 heteroatoms. The lowest BCUT2D eigenvalue weighted by Crippen LogP contribution is -2.38. The molecule has 2 aliphatic rings. The molecule has 1 aromatic rings. The van der Waals surface area contributed by atoms with Gasteiger partial charge in [0.25, 0.3) is 0 Å². The summed E-state index contributed by atoms with van der Waals surface area (Å²) in [6.45, 7) is 9.83. The average molecular weight is 417 g/mol. The molecule has 1 unspecified atom stereocenters. The van der Waals surface area contributed by atoms with Gasteiger partial charge in [-0.3, -0.25) is 4.99 Å². The Morgan fingerprint density at radius 2 is 2.03 bits per heavy atom. The largest absolute Gasteiger partial charge is 0.493 e. The lowest BCUT2D eigenvalue weighted by Gasteiger charge is -2.20. The lowest BCUT2D eigenvalue weighted by molar-refractivity contribution is 0.166. The molecule has 2 saturated heterocycles. The zero-order chi connectivity index (χ0) is 21.0. The van der Waals surface area contributed by atoms with Crippen molar-refractivity contribution < 1.29 is 9.47 Å². The van der Waals surface area contributed by atoms with Gasteiger partial charge in [0.05, 0.1) is 13.2 Å². The Labute approximate surface area is 182 Å². The number of guanidine groups is 1. The summed E-state index contributed by atoms with van der Waals surface area (Å²) in [4.78, 5) is 6.99. The van der Waals surface area contributed by atoms with Gasteiger partial charge in [0.2, 0.25) is 0 Å². The van der Waals surface area contributed by atoms with E-state index < -0.39 is 0 Å². The number of aliphatic imine (C=N–C) groups is 1. The number of rotatable bonds is 9. The smallest absolute Gasteiger partial charge is 0.191 e. The van der Waals surface area contributed by atoms with Crippen molar-refractivity contribution in [3.8, 4) is 5.75 Å². The van der Waals surface area contributed by atoms with E-state index in [0.29, 0.717) is 12.5 Å². The number of nitrogens with one attached hydrogen (secondary N) is 2. The first kappa shape index (κ1) is 22.9. The second-order valence-corrected chi connectivity index (χ2v) is 8.61. The standard InChI is InChI=1S/C24H40N4O2/c1-20-8-9-22(23(16-20)30-19-21-10-15-29-18-21)17-27-24(25-2)26-11-7-14-28-12-5-3-4-6-13-28/h8-9,16,21H,3-7,10-15,17-19H2,1-2H3,(H2,25,26,27). The van der Waals surface area contributed by atoms with Crippen LogP contribution in [-0.4, -0.2) is 63.9 Å². The molecule has 1 atom stereocenters. The van der Waals surface area contributed by atoms with E-state index in [1.54, 1.807) is 0 Å². The van der Waals surface area contributed by atoms with Crippen molar-refractivity contribution in [1.29, 1.82) is 0 Å². The molecule has 2 N–H and O–H groups in total. The fraction of sp³-hybridized carbons (Fsp3) is 0.708. The maximum atomic E-state index is 6.16. The van der Waals surface area contributed by atoms with Crippen LogP contribution in [-0.2, 0) is 11.3 Å². The maximum Gasteiger partial charge on any atom is 0.191 e. The van der Waals surface area contributed by atoms with Gasteiger partial charge in [-0.2, -0.15) is 0 Å². The molecule has 0 radical (unpaired) electrons. The summed E-state index contributed by atoms with van der Waals surface area (Å²) in [5.74, 6) is 2.32. The number of hydrogen-bond acceptors (Lipinski definition) is 4. The van der Waals surface area contributed by atoms with Gasteiger partial charge in [0.1, 0.15) is 5.75 Å². The summed E-state index contributed by atoms with van der Waals surface area (Å²) in [5, 5.41) is 6.90. The summed E-state index contributed by atoms with van der Waals surface area (Å²) in [5.41, 5.74) is 2.37. The van der Waals surface area contributed by atoms with Crippen molar-refractivity contribution in [2.75, 3.05) is 53.0 Å². The van der Waals surface area contributed by atoms with E-state index in [4.69, 9.17) is 9.47 Å². The molecule has 0 amide bonds. The van der Waals surface area contributed by atoms with Gasteiger partial charge >= 0.3 is 0 Å². The first-order chi connectivity index (χ1) is 14.7. The van der Waals surface area contributed by atoms with Crippen molar-refractivity contribution in [3.05, 3.63) is 29.3 Å². The molecule has 0 saturated carbocycles. The van der Waals surface area contributed by atoms with Crippen molar-refractivity contribution in [3.63, 3.8) is 0 Å². The number of hydrogen-bond donors (Lipinski definition) is 2. The fourth-order valence-corrected chi connectivity index (χ4v) is 4.13. The first-order valence-electron chi connectivity index (χ1n) is 11.7. The van der Waals surface area contributed by atoms with Crippen LogP contribution in [0.1, 0.15) is 49.7 Å². The summed E-state index contributed by atoms with van der Waals surface area (Å²) >= 11 is 0. The van der Waals surface area contributed by atoms with E-state index in [9.17, 15) is 0 Å². The Morgan fingerprint density at radius 3 is 2.77 bits per heavy atom. The molecule has 2 heterocycles. The van der Waals surface area contributed by atoms with Gasteiger partial charge in [-0.05, 0) is 63.9 Å². The first-order valence-corrected chi connectivity index (χ1v) is 11.7. The van der Waals surface area contributed by atoms with Crippen LogP contribution in [0.5, 0.6) is 5.75 Å². The zero-order valence-corrected chi connectivity index (χ0v) is 18.9. The molecule has 1 aromatic carbocycles. The van der Waals surface area contributed by atoms with Crippen molar-refractivity contribution >= 4 is 5.96 Å². The SMILES string of the molecule is CN=C(NCCCN1CCCCCC1)NCc1ccc(C)cc1OCC1CCOC1. The van der Waals surface area contributed by atoms with Gasteiger partial charge in [-0.1, -0.05) is 25.0 Å². The van der Waals surface area contributed by atoms with Crippen LogP contribution in [0.4, 0.5) is 0 Å². The van der Waals surface area contributed by atoms with Crippen LogP contribution in [0.15, 0.2) is 23.2 Å². The second kappa shape index (κ2) is 12.8. The second-order valence-electron chi connectivity index (χ2n) is 8.61. The van der Waals surface area contributed by atoms with Crippen LogP contribution < -0.4 is 15.4 Å². The minimum atomic E-state index is 0.505. The minimum absolute atomic E-state index is 0.505. The van der Waals surface area contributed by atoms with Crippen molar-refractivity contribution in [2.45, 2.75) is 52.0 Å². The molecule has 0 aromatic heterocycles. The highest BCUT2D eigenvalue weighted by molar-refractivity contribution is 5.79. The zero-order valence-electron chi connectivity index (χ0n) is 18.9. The van der Waals surface area contributed by atoms with E-state index in [2.05, 4.69) is 45.6 Å². The summed E-state index contributed by atoms with van der Waals surface area (Å²) in [6, 6.07) is 6.42. The lowest BCUT2D eigenvalue weighted by atomic mass is 10.1. The molecular formula is C24H40N4O2. The Bertz CT molecular complexity index is 651. The molecule has 2 aliphatic heterocycles. The molecule has 0 aliphatic carbocycles. The Balaban J connectivity index is 1.41. The highest BCUT2D eigenvalue weighted by atomic mass is 16.5. The summed E-state index contributed by atoms with van der Waals surface area (Å²) in [7, 11) is 1.83. The molecule has 0 bridgehead atoms. The van der Waals surface area contributed by atoms with Crippen LogP contribution in [0.3, 0.4) is 0 Å². The molecule has 2 fully saturated rings. The minimum Gasteiger partial charge on any atom is -0.493 e. The van der Waals surface area contributed by atoms with Crippen LogP contribution >= 0.6 is 0 Å². The summed E-state index contributed by atoms with van der Waals surface area (Å²) in [6.07, 6.45) is 7.72. The molecule has 6 nitrogen and oxygen atoms in total. The van der Waals surface area contributed by atoms with E-state index in [-0.39, 0.29) is 0 Å². The number of likely N-dealkylation sites (tertiary alicyclic amines) is 1.